The number of hydrogen-bond donors (Lipinski definition) is 0. The third-order valence-electron chi connectivity index (χ3n) is 8.01. The minimum Gasteiger partial charge on any atom is -0.463 e. The average molecular weight is 766 g/mol. The molecule has 0 aliphatic carbocycles. The quantitative estimate of drug-likeness (QED) is 0.153. The fraction of sp³-hybridized carbons (Fsp3) is 0.559. The van der Waals surface area contributed by atoms with E-state index < -0.39 is 128 Å². The Morgan fingerprint density at radius 2 is 0.926 bits per heavy atom. The van der Waals surface area contributed by atoms with E-state index in [0.29, 0.717) is 4.90 Å². The van der Waals surface area contributed by atoms with Crippen molar-refractivity contribution < 1.29 is 90.5 Å². The Morgan fingerprint density at radius 1 is 0.519 bits per heavy atom. The molecule has 20 nitrogen and oxygen atoms in total. The number of fused-ring (bicyclic) bond motifs is 1. The van der Waals surface area contributed by atoms with E-state index in [1.165, 1.54) is 24.3 Å². The van der Waals surface area contributed by atoms with Crippen LogP contribution in [0.3, 0.4) is 0 Å². The van der Waals surface area contributed by atoms with Crippen LogP contribution in [-0.2, 0) is 80.9 Å². The molecule has 1 aromatic carbocycles. The molecule has 54 heavy (non-hydrogen) atoms. The first-order chi connectivity index (χ1) is 25.4. The van der Waals surface area contributed by atoms with Gasteiger partial charge in [0.15, 0.2) is 30.7 Å². The molecule has 0 aromatic heterocycles. The molecule has 3 aliphatic heterocycles. The summed E-state index contributed by atoms with van der Waals surface area (Å²) in [4.78, 5) is 114. The summed E-state index contributed by atoms with van der Waals surface area (Å²) in [6.45, 7) is 5.84. The molecule has 3 aliphatic rings. The molecule has 0 saturated carbocycles. The Morgan fingerprint density at radius 3 is 1.39 bits per heavy atom. The Bertz CT molecular complexity index is 1640. The molecule has 0 spiro atoms. The van der Waals surface area contributed by atoms with Gasteiger partial charge in [-0.25, -0.2) is 0 Å². The largest absolute Gasteiger partial charge is 0.463 e. The van der Waals surface area contributed by atoms with Gasteiger partial charge in [-0.2, -0.15) is 0 Å². The van der Waals surface area contributed by atoms with Crippen LogP contribution in [0.15, 0.2) is 24.3 Å². The maximum Gasteiger partial charge on any atom is 0.305 e. The molecule has 0 bridgehead atoms. The molecule has 2 saturated heterocycles. The summed E-state index contributed by atoms with van der Waals surface area (Å²) in [6, 6.07) is 3.97. The van der Waals surface area contributed by atoms with Crippen LogP contribution < -0.4 is 0 Å². The van der Waals surface area contributed by atoms with E-state index >= 15 is 0 Å². The van der Waals surface area contributed by atoms with Crippen molar-refractivity contribution in [3.8, 4) is 0 Å². The van der Waals surface area contributed by atoms with Crippen molar-refractivity contribution in [2.45, 2.75) is 110 Å². The fourth-order valence-electron chi connectivity index (χ4n) is 6.18. The van der Waals surface area contributed by atoms with Gasteiger partial charge >= 0.3 is 41.8 Å². The summed E-state index contributed by atoms with van der Waals surface area (Å²) >= 11 is 0. The Kier molecular flexibility index (Phi) is 13.4. The van der Waals surface area contributed by atoms with Gasteiger partial charge in [-0.1, -0.05) is 12.1 Å². The summed E-state index contributed by atoms with van der Waals surface area (Å²) in [5, 5.41) is 0. The van der Waals surface area contributed by atoms with Crippen LogP contribution in [0, 0.1) is 0 Å². The topological polar surface area (TPSA) is 249 Å². The van der Waals surface area contributed by atoms with Gasteiger partial charge in [-0.05, 0) is 12.1 Å². The highest BCUT2D eigenvalue weighted by Gasteiger charge is 2.60. The molecule has 4 rings (SSSR count). The number of imide groups is 1. The van der Waals surface area contributed by atoms with Crippen molar-refractivity contribution in [3.05, 3.63) is 35.4 Å². The smallest absolute Gasteiger partial charge is 0.305 e. The van der Waals surface area contributed by atoms with E-state index in [4.69, 9.17) is 47.4 Å². The van der Waals surface area contributed by atoms with Crippen LogP contribution in [0.1, 0.15) is 69.2 Å². The number of ether oxygens (including phenoxy) is 10. The van der Waals surface area contributed by atoms with E-state index in [1.807, 2.05) is 0 Å². The number of hydrogen-bond acceptors (Lipinski definition) is 19. The second-order valence-electron chi connectivity index (χ2n) is 12.2. The third-order valence-corrected chi connectivity index (χ3v) is 8.01. The highest BCUT2D eigenvalue weighted by molar-refractivity contribution is 6.21. The van der Waals surface area contributed by atoms with Crippen molar-refractivity contribution >= 4 is 53.6 Å². The Hall–Kier alpha value is -5.47. The first-order valence-corrected chi connectivity index (χ1v) is 16.5. The van der Waals surface area contributed by atoms with Gasteiger partial charge in [-0.3, -0.25) is 48.1 Å². The van der Waals surface area contributed by atoms with Crippen LogP contribution in [0.2, 0.25) is 0 Å². The Balaban J connectivity index is 1.89. The van der Waals surface area contributed by atoms with Crippen LogP contribution >= 0.6 is 0 Å². The molecule has 294 valence electrons. The normalized spacial score (nSPS) is 28.9. The second kappa shape index (κ2) is 17.6. The highest BCUT2D eigenvalue weighted by Crippen LogP contribution is 2.38. The standard InChI is InChI=1S/C34H39NO19/c1-14(36)45-12-23-26(54-34-30(50-19(6)41)29(49-18(5)40)27(47-16(3)38)24(53-34)13-46-15(2)37)28(48-17(4)39)25(33(52-23)51-20(7)42)35-31(43)21-10-8-9-11-22(21)32(35)44/h8-11,23-30,33-34H,12-13H2,1-7H3/t23-,24-,25-,26-,27+,28-,29+,30-,33?,34+/m1/s1. The van der Waals surface area contributed by atoms with Crippen LogP contribution in [0.25, 0.3) is 0 Å². The zero-order valence-corrected chi connectivity index (χ0v) is 30.2. The molecule has 0 N–H and O–H groups in total. The van der Waals surface area contributed by atoms with Gasteiger partial charge in [0.2, 0.25) is 6.29 Å². The van der Waals surface area contributed by atoms with Crippen LogP contribution in [0.4, 0.5) is 0 Å². The van der Waals surface area contributed by atoms with Gasteiger partial charge in [0.05, 0.1) is 11.1 Å². The lowest BCUT2D eigenvalue weighted by molar-refractivity contribution is -0.350. The zero-order chi connectivity index (χ0) is 40.0. The van der Waals surface area contributed by atoms with E-state index in [0.717, 1.165) is 48.5 Å². The lowest BCUT2D eigenvalue weighted by atomic mass is 9.93. The molecule has 1 unspecified atom stereocenters. The number of rotatable bonds is 12. The number of esters is 7. The first kappa shape index (κ1) is 41.3. The van der Waals surface area contributed by atoms with Crippen molar-refractivity contribution in [2.24, 2.45) is 0 Å². The van der Waals surface area contributed by atoms with Crippen LogP contribution in [0.5, 0.6) is 0 Å². The number of benzene rings is 1. The summed E-state index contributed by atoms with van der Waals surface area (Å²) in [7, 11) is 0. The summed E-state index contributed by atoms with van der Waals surface area (Å²) < 4.78 is 56.2. The first-order valence-electron chi connectivity index (χ1n) is 16.5. The Labute approximate surface area is 307 Å². The molecular weight excluding hydrogens is 726 g/mol. The molecular formula is C34H39NO19. The fourth-order valence-corrected chi connectivity index (χ4v) is 6.18. The highest BCUT2D eigenvalue weighted by atomic mass is 16.8. The predicted octanol–water partition coefficient (Wildman–Crippen LogP) is -0.0977. The van der Waals surface area contributed by atoms with Gasteiger partial charge in [0, 0.05) is 48.5 Å². The maximum absolute atomic E-state index is 13.8. The summed E-state index contributed by atoms with van der Waals surface area (Å²) in [5.74, 6) is -8.14. The molecule has 20 heteroatoms. The van der Waals surface area contributed by atoms with Gasteiger partial charge < -0.3 is 47.4 Å². The molecule has 1 aromatic rings. The van der Waals surface area contributed by atoms with E-state index in [9.17, 15) is 43.2 Å². The number of amides is 2. The van der Waals surface area contributed by atoms with E-state index in [2.05, 4.69) is 0 Å². The SMILES string of the molecule is CC(=O)OC[C@H]1O[C@@H](O[C@H]2[C@H](OC(C)=O)[C@@H](N3C(=O)c4ccccc4C3=O)C(OC(C)=O)O[C@@H]2COC(C)=O)[C@H](OC(C)=O)[C@@H](OC(C)=O)[C@H]1OC(C)=O. The van der Waals surface area contributed by atoms with Crippen molar-refractivity contribution in [1.82, 2.24) is 4.90 Å². The monoisotopic (exact) mass is 765 g/mol. The van der Waals surface area contributed by atoms with Crippen molar-refractivity contribution in [1.29, 1.82) is 0 Å². The van der Waals surface area contributed by atoms with Crippen LogP contribution in [-0.4, -0.2) is 133 Å². The lowest BCUT2D eigenvalue weighted by Crippen LogP contribution is -2.69. The molecule has 2 fully saturated rings. The third kappa shape index (κ3) is 9.74. The van der Waals surface area contributed by atoms with Gasteiger partial charge in [0.1, 0.15) is 37.6 Å². The lowest BCUT2D eigenvalue weighted by Gasteiger charge is -2.49. The molecule has 10 atom stereocenters. The number of nitrogens with zero attached hydrogens (tertiary/aromatic N) is 1. The number of carbonyl (C=O) groups is 9. The second-order valence-corrected chi connectivity index (χ2v) is 12.2. The summed E-state index contributed by atoms with van der Waals surface area (Å²) in [6.07, 6.45) is -15.5. The number of carbonyl (C=O) groups excluding carboxylic acids is 9. The van der Waals surface area contributed by atoms with Gasteiger partial charge in [0.25, 0.3) is 11.8 Å². The predicted molar refractivity (Wildman–Crippen MR) is 170 cm³/mol. The minimum absolute atomic E-state index is 0.0373. The van der Waals surface area contributed by atoms with Crippen molar-refractivity contribution in [3.63, 3.8) is 0 Å². The average Bonchev–Trinajstić information content (AvgIpc) is 3.30. The minimum atomic E-state index is -1.91. The zero-order valence-electron chi connectivity index (χ0n) is 30.2. The van der Waals surface area contributed by atoms with E-state index in [1.54, 1.807) is 0 Å². The van der Waals surface area contributed by atoms with E-state index in [-0.39, 0.29) is 11.1 Å². The maximum atomic E-state index is 13.8. The molecule has 0 radical (unpaired) electrons. The molecule has 2 amide bonds. The molecule has 3 heterocycles. The summed E-state index contributed by atoms with van der Waals surface area (Å²) in [5.41, 5.74) is -0.0746. The van der Waals surface area contributed by atoms with Gasteiger partial charge in [-0.15, -0.1) is 0 Å². The van der Waals surface area contributed by atoms with Crippen molar-refractivity contribution in [2.75, 3.05) is 13.2 Å².